The highest BCUT2D eigenvalue weighted by atomic mass is 35.6. The third-order valence-electron chi connectivity index (χ3n) is 9.23. The molecule has 2 N–H and O–H groups in total. The predicted molar refractivity (Wildman–Crippen MR) is 197 cm³/mol. The number of likely N-dealkylation sites (N-methyl/N-ethyl adjacent to an activating group) is 1. The summed E-state index contributed by atoms with van der Waals surface area (Å²) in [4.78, 5) is 14.5. The summed E-state index contributed by atoms with van der Waals surface area (Å²) in [6, 6.07) is 39.1. The van der Waals surface area contributed by atoms with Crippen molar-refractivity contribution in [3.8, 4) is 11.1 Å². The van der Waals surface area contributed by atoms with E-state index in [0.29, 0.717) is 13.0 Å². The maximum atomic E-state index is 12.2. The predicted octanol–water partition coefficient (Wildman–Crippen LogP) is 9.22. The zero-order valence-corrected chi connectivity index (χ0v) is 29.6. The standard InChI is InChI=1S/C40H39Cl3N2O4/c1-26(32-20-15-28-7-3-4-8-33(28)21-32)45(2)24-35-22-37(30-13-11-27(25-46)12-14-30)49-38(48-35)31-18-16-29(17-19-31)36-10-6-5-9-34(36)23-44-39(47)40(41,42)43/h3-21,26,35,37-38,46H,22-25H2,1-2H3,(H,44,47)/t26-,35+,37-,38-/m1/s1. The van der Waals surface area contributed by atoms with E-state index in [1.54, 1.807) is 0 Å². The average molecular weight is 718 g/mol. The molecule has 49 heavy (non-hydrogen) atoms. The number of aliphatic hydroxyl groups is 1. The molecule has 0 bridgehead atoms. The van der Waals surface area contributed by atoms with Gasteiger partial charge in [0.25, 0.3) is 9.70 Å². The third-order valence-corrected chi connectivity index (χ3v) is 9.75. The summed E-state index contributed by atoms with van der Waals surface area (Å²) in [7, 11) is 2.14. The van der Waals surface area contributed by atoms with Gasteiger partial charge in [-0.15, -0.1) is 0 Å². The Morgan fingerprint density at radius 3 is 2.27 bits per heavy atom. The molecule has 0 radical (unpaired) electrons. The molecule has 1 aliphatic rings. The quantitative estimate of drug-likeness (QED) is 0.141. The molecule has 9 heteroatoms. The lowest BCUT2D eigenvalue weighted by molar-refractivity contribution is -0.253. The molecule has 6 rings (SSSR count). The Labute approximate surface area is 302 Å². The van der Waals surface area contributed by atoms with Crippen LogP contribution in [0.1, 0.15) is 59.6 Å². The summed E-state index contributed by atoms with van der Waals surface area (Å²) in [6.07, 6.45) is -0.188. The van der Waals surface area contributed by atoms with Gasteiger partial charge >= 0.3 is 0 Å². The minimum Gasteiger partial charge on any atom is -0.392 e. The van der Waals surface area contributed by atoms with Gasteiger partial charge in [0.15, 0.2) is 6.29 Å². The summed E-state index contributed by atoms with van der Waals surface area (Å²) in [5, 5.41) is 14.7. The second-order valence-electron chi connectivity index (χ2n) is 12.5. The fourth-order valence-corrected chi connectivity index (χ4v) is 6.49. The summed E-state index contributed by atoms with van der Waals surface area (Å²) >= 11 is 17.2. The first-order valence-electron chi connectivity index (χ1n) is 16.3. The van der Waals surface area contributed by atoms with Crippen LogP contribution in [0.5, 0.6) is 0 Å². The van der Waals surface area contributed by atoms with Crippen LogP contribution in [0.15, 0.2) is 115 Å². The van der Waals surface area contributed by atoms with E-state index in [9.17, 15) is 9.90 Å². The molecule has 0 spiro atoms. The number of nitrogens with zero attached hydrogens (tertiary/aromatic N) is 1. The van der Waals surface area contributed by atoms with Crippen LogP contribution in [-0.4, -0.2) is 39.4 Å². The highest BCUT2D eigenvalue weighted by molar-refractivity contribution is 6.76. The van der Waals surface area contributed by atoms with Crippen molar-refractivity contribution in [2.75, 3.05) is 13.6 Å². The Morgan fingerprint density at radius 1 is 0.878 bits per heavy atom. The van der Waals surface area contributed by atoms with E-state index in [4.69, 9.17) is 44.3 Å². The van der Waals surface area contributed by atoms with Crippen LogP contribution in [0.2, 0.25) is 0 Å². The second kappa shape index (κ2) is 15.6. The fourth-order valence-electron chi connectivity index (χ4n) is 6.29. The number of nitrogens with one attached hydrogen (secondary N) is 1. The minimum atomic E-state index is -2.03. The zero-order valence-electron chi connectivity index (χ0n) is 27.4. The van der Waals surface area contributed by atoms with Gasteiger partial charge < -0.3 is 19.9 Å². The molecule has 0 aromatic heterocycles. The Kier molecular flexibility index (Phi) is 11.3. The third kappa shape index (κ3) is 8.65. The maximum Gasteiger partial charge on any atom is 0.272 e. The van der Waals surface area contributed by atoms with Gasteiger partial charge in [-0.05, 0) is 64.2 Å². The van der Waals surface area contributed by atoms with Crippen LogP contribution in [0.4, 0.5) is 0 Å². The fraction of sp³-hybridized carbons (Fsp3) is 0.275. The number of hydrogen-bond acceptors (Lipinski definition) is 5. The van der Waals surface area contributed by atoms with Crippen molar-refractivity contribution in [2.24, 2.45) is 0 Å². The number of aliphatic hydroxyl groups excluding tert-OH is 1. The molecule has 0 saturated carbocycles. The molecule has 1 aliphatic heterocycles. The lowest BCUT2D eigenvalue weighted by Gasteiger charge is -2.39. The highest BCUT2D eigenvalue weighted by Gasteiger charge is 2.34. The summed E-state index contributed by atoms with van der Waals surface area (Å²) in [5.74, 6) is -0.679. The van der Waals surface area contributed by atoms with Gasteiger partial charge in [0.05, 0.1) is 18.8 Å². The van der Waals surface area contributed by atoms with E-state index < -0.39 is 16.0 Å². The Balaban J connectivity index is 1.21. The molecular weight excluding hydrogens is 679 g/mol. The smallest absolute Gasteiger partial charge is 0.272 e. The monoisotopic (exact) mass is 716 g/mol. The topological polar surface area (TPSA) is 71.0 Å². The number of amides is 1. The molecule has 5 aromatic carbocycles. The molecule has 1 fully saturated rings. The van der Waals surface area contributed by atoms with Crippen LogP contribution in [0.3, 0.4) is 0 Å². The number of carbonyl (C=O) groups excluding carboxylic acids is 1. The number of halogens is 3. The van der Waals surface area contributed by atoms with Crippen LogP contribution < -0.4 is 5.32 Å². The van der Waals surface area contributed by atoms with Gasteiger partial charge in [-0.25, -0.2) is 0 Å². The van der Waals surface area contributed by atoms with E-state index in [2.05, 4.69) is 66.7 Å². The maximum absolute atomic E-state index is 12.2. The summed E-state index contributed by atoms with van der Waals surface area (Å²) in [6.45, 7) is 3.14. The number of ether oxygens (including phenoxy) is 2. The molecule has 1 heterocycles. The minimum absolute atomic E-state index is 0.00757. The van der Waals surface area contributed by atoms with Crippen molar-refractivity contribution >= 4 is 51.5 Å². The average Bonchev–Trinajstić information content (AvgIpc) is 3.13. The molecule has 1 saturated heterocycles. The Hall–Kier alpha value is -3.46. The van der Waals surface area contributed by atoms with Crippen LogP contribution in [0.25, 0.3) is 21.9 Å². The van der Waals surface area contributed by atoms with Crippen LogP contribution >= 0.6 is 34.8 Å². The van der Waals surface area contributed by atoms with E-state index in [0.717, 1.165) is 33.4 Å². The van der Waals surface area contributed by atoms with Gasteiger partial charge in [-0.3, -0.25) is 9.69 Å². The SMILES string of the molecule is C[C@H](c1ccc2ccccc2c1)N(C)C[C@@H]1C[C@H](c2ccc(CO)cc2)O[C@H](c2ccc(-c3ccccc3CNC(=O)C(Cl)(Cl)Cl)cc2)O1. The van der Waals surface area contributed by atoms with Gasteiger partial charge in [-0.1, -0.05) is 144 Å². The molecule has 0 unspecified atom stereocenters. The van der Waals surface area contributed by atoms with Crippen LogP contribution in [-0.2, 0) is 27.4 Å². The van der Waals surface area contributed by atoms with Crippen molar-refractivity contribution in [2.45, 2.75) is 54.8 Å². The summed E-state index contributed by atoms with van der Waals surface area (Å²) in [5.41, 5.74) is 6.86. The van der Waals surface area contributed by atoms with Crippen molar-refractivity contribution in [3.05, 3.63) is 143 Å². The van der Waals surface area contributed by atoms with Crippen molar-refractivity contribution in [1.82, 2.24) is 10.2 Å². The molecule has 4 atom stereocenters. The Bertz CT molecular complexity index is 1880. The van der Waals surface area contributed by atoms with Crippen molar-refractivity contribution < 1.29 is 19.4 Å². The molecule has 6 nitrogen and oxygen atoms in total. The lowest BCUT2D eigenvalue weighted by Crippen LogP contribution is -2.38. The second-order valence-corrected chi connectivity index (χ2v) is 14.8. The lowest BCUT2D eigenvalue weighted by atomic mass is 9.97. The van der Waals surface area contributed by atoms with Gasteiger partial charge in [0.1, 0.15) is 0 Å². The Morgan fingerprint density at radius 2 is 1.55 bits per heavy atom. The largest absolute Gasteiger partial charge is 0.392 e. The van der Waals surface area contributed by atoms with Crippen molar-refractivity contribution in [1.29, 1.82) is 0 Å². The van der Waals surface area contributed by atoms with Crippen molar-refractivity contribution in [3.63, 3.8) is 0 Å². The molecule has 0 aliphatic carbocycles. The van der Waals surface area contributed by atoms with E-state index >= 15 is 0 Å². The van der Waals surface area contributed by atoms with E-state index in [1.807, 2.05) is 72.8 Å². The molecular formula is C40H39Cl3N2O4. The van der Waals surface area contributed by atoms with Crippen LogP contribution in [0, 0.1) is 0 Å². The van der Waals surface area contributed by atoms with E-state index in [1.165, 1.54) is 16.3 Å². The van der Waals surface area contributed by atoms with Gasteiger partial charge in [0.2, 0.25) is 0 Å². The number of rotatable bonds is 10. The normalized spacial score (nSPS) is 18.8. The molecule has 1 amide bonds. The summed E-state index contributed by atoms with van der Waals surface area (Å²) < 4.78 is 11.3. The number of hydrogen-bond donors (Lipinski definition) is 2. The highest BCUT2D eigenvalue weighted by Crippen LogP contribution is 2.39. The first-order valence-corrected chi connectivity index (χ1v) is 17.4. The van der Waals surface area contributed by atoms with E-state index in [-0.39, 0.29) is 31.4 Å². The van der Waals surface area contributed by atoms with Gasteiger partial charge in [-0.2, -0.15) is 0 Å². The molecule has 5 aromatic rings. The first-order chi connectivity index (χ1) is 23.6. The molecule has 254 valence electrons. The number of alkyl halides is 3. The zero-order chi connectivity index (χ0) is 34.5. The number of fused-ring (bicyclic) bond motifs is 1. The number of benzene rings is 5. The number of carbonyl (C=O) groups is 1. The first kappa shape index (κ1) is 35.4. The van der Waals surface area contributed by atoms with Gasteiger partial charge in [0, 0.05) is 31.1 Å².